The van der Waals surface area contributed by atoms with Gasteiger partial charge in [0.15, 0.2) is 0 Å². The fourth-order valence-electron chi connectivity index (χ4n) is 4.62. The van der Waals surface area contributed by atoms with E-state index in [9.17, 15) is 18.0 Å². The van der Waals surface area contributed by atoms with Gasteiger partial charge in [0, 0.05) is 57.8 Å². The van der Waals surface area contributed by atoms with Crippen molar-refractivity contribution in [2.75, 3.05) is 50.8 Å². The average molecular weight is 483 g/mol. The van der Waals surface area contributed by atoms with Crippen LogP contribution in [0.2, 0.25) is 0 Å². The van der Waals surface area contributed by atoms with Gasteiger partial charge in [-0.2, -0.15) is 0 Å². The van der Waals surface area contributed by atoms with Crippen LogP contribution >= 0.6 is 0 Å². The zero-order valence-corrected chi connectivity index (χ0v) is 20.0. The summed E-state index contributed by atoms with van der Waals surface area (Å²) in [5.74, 6) is -0.487. The number of hydrogen-bond donors (Lipinski definition) is 3. The summed E-state index contributed by atoms with van der Waals surface area (Å²) in [5, 5.41) is 0. The molecule has 1 aromatic rings. The lowest BCUT2D eigenvalue weighted by Crippen LogP contribution is -2.46. The van der Waals surface area contributed by atoms with Gasteiger partial charge in [0.25, 0.3) is 0 Å². The molecule has 184 valence electrons. The van der Waals surface area contributed by atoms with Crippen molar-refractivity contribution >= 4 is 27.7 Å². The van der Waals surface area contributed by atoms with Gasteiger partial charge < -0.3 is 21.1 Å². The number of aromatic nitrogens is 1. The number of sulfonamides is 1. The Labute approximate surface area is 194 Å². The van der Waals surface area contributed by atoms with Gasteiger partial charge >= 0.3 is 0 Å². The van der Waals surface area contributed by atoms with Crippen molar-refractivity contribution in [2.24, 2.45) is 23.3 Å². The number of aryl methyl sites for hydroxylation is 1. The maximum absolute atomic E-state index is 13.0. The Morgan fingerprint density at radius 3 is 2.27 bits per heavy atom. The van der Waals surface area contributed by atoms with Gasteiger partial charge in [0.2, 0.25) is 21.8 Å². The Balaban J connectivity index is 1.69. The Hall–Kier alpha value is -2.28. The van der Waals surface area contributed by atoms with Crippen LogP contribution in [0.3, 0.4) is 0 Å². The third-order valence-electron chi connectivity index (χ3n) is 6.16. The van der Waals surface area contributed by atoms with Gasteiger partial charge in [-0.1, -0.05) is 0 Å². The third-order valence-corrected chi connectivity index (χ3v) is 7.88. The summed E-state index contributed by atoms with van der Waals surface area (Å²) >= 11 is 0. The van der Waals surface area contributed by atoms with Crippen LogP contribution in [-0.2, 0) is 24.3 Å². The Bertz CT molecular complexity index is 942. The molecule has 2 fully saturated rings. The van der Waals surface area contributed by atoms with Crippen LogP contribution < -0.4 is 21.1 Å². The average Bonchev–Trinajstić information content (AvgIpc) is 3.09. The van der Waals surface area contributed by atoms with E-state index in [1.807, 2.05) is 11.8 Å². The van der Waals surface area contributed by atoms with Crippen LogP contribution in [0.1, 0.15) is 25.3 Å². The molecule has 11 nitrogen and oxygen atoms in total. The summed E-state index contributed by atoms with van der Waals surface area (Å²) in [4.78, 5) is 31.5. The number of carbonyl (C=O) groups excluding carboxylic acids is 2. The molecule has 0 aromatic carbocycles. The summed E-state index contributed by atoms with van der Waals surface area (Å²) in [7, 11) is -3.75. The van der Waals surface area contributed by atoms with E-state index >= 15 is 0 Å². The fourth-order valence-corrected chi connectivity index (χ4v) is 6.03. The predicted octanol–water partition coefficient (Wildman–Crippen LogP) is -0.808. The standard InChI is InChI=1S/C21H34N6O5S/c1-14-7-21(27-12-16(8-19(22)28)17(13-27)9-20(23)29)24-10-18(14)33(30,31)25-15(2)11-26-3-5-32-6-4-26/h7,10,15-17,25H,3-6,8-9,11-13H2,1-2H3,(H2,22,28)(H2,23,29)/t15?,16-,17-/m1/s1. The van der Waals surface area contributed by atoms with Crippen LogP contribution in [0.4, 0.5) is 5.82 Å². The van der Waals surface area contributed by atoms with Gasteiger partial charge in [0.05, 0.1) is 13.2 Å². The zero-order valence-electron chi connectivity index (χ0n) is 19.2. The van der Waals surface area contributed by atoms with Gasteiger partial charge in [-0.3, -0.25) is 14.5 Å². The summed E-state index contributed by atoms with van der Waals surface area (Å²) in [6.07, 6.45) is 1.68. The van der Waals surface area contributed by atoms with Crippen molar-refractivity contribution in [3.63, 3.8) is 0 Å². The molecule has 0 bridgehead atoms. The maximum Gasteiger partial charge on any atom is 0.242 e. The highest BCUT2D eigenvalue weighted by atomic mass is 32.2. The smallest absolute Gasteiger partial charge is 0.242 e. The van der Waals surface area contributed by atoms with E-state index in [2.05, 4.69) is 14.6 Å². The van der Waals surface area contributed by atoms with Crippen molar-refractivity contribution in [3.8, 4) is 0 Å². The van der Waals surface area contributed by atoms with Gasteiger partial charge in [-0.05, 0) is 37.3 Å². The summed E-state index contributed by atoms with van der Waals surface area (Å²) in [6, 6.07) is 1.45. The van der Waals surface area contributed by atoms with Crippen LogP contribution in [0.5, 0.6) is 0 Å². The second-order valence-corrected chi connectivity index (χ2v) is 10.7. The number of morpholine rings is 1. The molecule has 5 N–H and O–H groups in total. The van der Waals surface area contributed by atoms with Crippen LogP contribution in [0.25, 0.3) is 0 Å². The number of amides is 2. The molecule has 0 aliphatic carbocycles. The Morgan fingerprint density at radius 2 is 1.76 bits per heavy atom. The van der Waals surface area contributed by atoms with Crippen LogP contribution in [0, 0.1) is 18.8 Å². The van der Waals surface area contributed by atoms with E-state index in [-0.39, 0.29) is 35.6 Å². The number of primary amides is 2. The van der Waals surface area contributed by atoms with E-state index in [4.69, 9.17) is 16.2 Å². The maximum atomic E-state index is 13.0. The lowest BCUT2D eigenvalue weighted by atomic mass is 9.90. The fraction of sp³-hybridized carbons (Fsp3) is 0.667. The van der Waals surface area contributed by atoms with Gasteiger partial charge in [-0.25, -0.2) is 18.1 Å². The van der Waals surface area contributed by atoms with Gasteiger partial charge in [-0.15, -0.1) is 0 Å². The molecular weight excluding hydrogens is 448 g/mol. The van der Waals surface area contributed by atoms with Gasteiger partial charge in [0.1, 0.15) is 10.7 Å². The van der Waals surface area contributed by atoms with Crippen LogP contribution in [-0.4, -0.2) is 82.1 Å². The first-order valence-electron chi connectivity index (χ1n) is 11.2. The SMILES string of the molecule is Cc1cc(N2C[C@@H](CC(N)=O)[C@H](CC(N)=O)C2)ncc1S(=O)(=O)NC(C)CN1CCOCC1. The van der Waals surface area contributed by atoms with Crippen molar-refractivity contribution in [1.82, 2.24) is 14.6 Å². The molecule has 33 heavy (non-hydrogen) atoms. The molecule has 0 radical (unpaired) electrons. The molecular formula is C21H34N6O5S. The lowest BCUT2D eigenvalue weighted by Gasteiger charge is -2.29. The number of hydrogen-bond acceptors (Lipinski definition) is 8. The summed E-state index contributed by atoms with van der Waals surface area (Å²) in [5.41, 5.74) is 11.3. The molecule has 3 heterocycles. The molecule has 2 saturated heterocycles. The first-order valence-corrected chi connectivity index (χ1v) is 12.6. The van der Waals surface area contributed by atoms with Crippen molar-refractivity contribution < 1.29 is 22.7 Å². The second kappa shape index (κ2) is 10.8. The monoisotopic (exact) mass is 482 g/mol. The highest BCUT2D eigenvalue weighted by molar-refractivity contribution is 7.89. The number of pyridine rings is 1. The van der Waals surface area contributed by atoms with E-state index in [1.54, 1.807) is 13.0 Å². The zero-order chi connectivity index (χ0) is 24.2. The number of nitrogens with zero attached hydrogens (tertiary/aromatic N) is 3. The van der Waals surface area contributed by atoms with E-state index in [0.717, 1.165) is 13.1 Å². The van der Waals surface area contributed by atoms with E-state index in [1.165, 1.54) is 6.20 Å². The molecule has 0 spiro atoms. The number of carbonyl (C=O) groups is 2. The normalized spacial score (nSPS) is 22.9. The highest BCUT2D eigenvalue weighted by Crippen LogP contribution is 2.32. The molecule has 2 aliphatic rings. The highest BCUT2D eigenvalue weighted by Gasteiger charge is 2.35. The summed E-state index contributed by atoms with van der Waals surface area (Å²) in [6.45, 7) is 8.03. The van der Waals surface area contributed by atoms with Crippen molar-refractivity contribution in [1.29, 1.82) is 0 Å². The number of nitrogens with two attached hydrogens (primary N) is 2. The molecule has 1 unspecified atom stereocenters. The molecule has 3 rings (SSSR count). The Kier molecular flexibility index (Phi) is 8.27. The number of anilines is 1. The van der Waals surface area contributed by atoms with Crippen LogP contribution in [0.15, 0.2) is 17.2 Å². The second-order valence-electron chi connectivity index (χ2n) is 9.01. The molecule has 0 saturated carbocycles. The molecule has 12 heteroatoms. The first-order chi connectivity index (χ1) is 15.5. The first kappa shape index (κ1) is 25.3. The number of rotatable bonds is 10. The number of ether oxygens (including phenoxy) is 1. The summed E-state index contributed by atoms with van der Waals surface area (Å²) < 4.78 is 34.0. The molecule has 1 aromatic heterocycles. The van der Waals surface area contributed by atoms with Crippen molar-refractivity contribution in [3.05, 3.63) is 17.8 Å². The minimum atomic E-state index is -3.75. The molecule has 2 aliphatic heterocycles. The Morgan fingerprint density at radius 1 is 1.18 bits per heavy atom. The van der Waals surface area contributed by atoms with E-state index in [0.29, 0.717) is 44.2 Å². The topological polar surface area (TPSA) is 161 Å². The lowest BCUT2D eigenvalue weighted by molar-refractivity contribution is -0.121. The molecule has 3 atom stereocenters. The number of nitrogens with one attached hydrogen (secondary N) is 1. The minimum absolute atomic E-state index is 0.108. The third kappa shape index (κ3) is 6.85. The minimum Gasteiger partial charge on any atom is -0.379 e. The van der Waals surface area contributed by atoms with Crippen molar-refractivity contribution in [2.45, 2.75) is 37.6 Å². The quantitative estimate of drug-likeness (QED) is 0.390. The van der Waals surface area contributed by atoms with E-state index < -0.39 is 21.8 Å². The molecule has 2 amide bonds. The largest absolute Gasteiger partial charge is 0.379 e. The predicted molar refractivity (Wildman–Crippen MR) is 123 cm³/mol.